The van der Waals surface area contributed by atoms with E-state index < -0.39 is 6.04 Å². The predicted molar refractivity (Wildman–Crippen MR) is 156 cm³/mol. The van der Waals surface area contributed by atoms with Gasteiger partial charge in [-0.25, -0.2) is 0 Å². The Balaban J connectivity index is 1.41. The number of benzene rings is 2. The van der Waals surface area contributed by atoms with E-state index in [1.165, 1.54) is 6.42 Å². The average Bonchev–Trinajstić information content (AvgIpc) is 2.94. The Kier molecular flexibility index (Phi) is 10.8. The van der Waals surface area contributed by atoms with E-state index in [1.807, 2.05) is 66.4 Å². The maximum Gasteiger partial charge on any atom is 0.261 e. The highest BCUT2D eigenvalue weighted by atomic mass is 35.5. The minimum Gasteiger partial charge on any atom is -0.484 e. The van der Waals surface area contributed by atoms with Crippen molar-refractivity contribution in [3.8, 4) is 5.75 Å². The molecule has 216 valence electrons. The first kappa shape index (κ1) is 29.9. The number of rotatable bonds is 12. The number of nitrogens with one attached hydrogen (secondary N) is 1. The van der Waals surface area contributed by atoms with Crippen molar-refractivity contribution in [2.75, 3.05) is 40.3 Å². The number of hydrogen-bond donors (Lipinski definition) is 1. The van der Waals surface area contributed by atoms with Gasteiger partial charge < -0.3 is 24.8 Å². The van der Waals surface area contributed by atoms with Gasteiger partial charge in [-0.05, 0) is 56.8 Å². The van der Waals surface area contributed by atoms with E-state index in [2.05, 4.69) is 5.32 Å². The molecule has 1 aliphatic heterocycles. The Bertz CT molecular complexity index is 1120. The van der Waals surface area contributed by atoms with Gasteiger partial charge in [-0.2, -0.15) is 0 Å². The Hall–Kier alpha value is -3.10. The minimum absolute atomic E-state index is 0.0217. The van der Waals surface area contributed by atoms with Crippen LogP contribution in [0.4, 0.5) is 0 Å². The van der Waals surface area contributed by atoms with Crippen molar-refractivity contribution in [3.05, 3.63) is 65.2 Å². The highest BCUT2D eigenvalue weighted by molar-refractivity contribution is 6.30. The zero-order chi connectivity index (χ0) is 28.5. The standard InChI is InChI=1S/C31H41ClN4O4/c1-34(2)18-17-29(37)33-28(19-23-13-15-24(32)16-14-23)31(39)35-20-26(21-35)36(25-9-5-3-6-10-25)30(38)22-40-27-11-7-4-8-12-27/h4,7-8,11-16,25-26,28H,3,5-6,9-10,17-22H2,1-2H3,(H,33,37)/t28-/m1/s1. The highest BCUT2D eigenvalue weighted by Crippen LogP contribution is 2.28. The first-order valence-electron chi connectivity index (χ1n) is 14.3. The number of amides is 3. The van der Waals surface area contributed by atoms with Gasteiger partial charge in [0.25, 0.3) is 5.91 Å². The van der Waals surface area contributed by atoms with Gasteiger partial charge in [0.2, 0.25) is 11.8 Å². The monoisotopic (exact) mass is 568 g/mol. The fourth-order valence-electron chi connectivity index (χ4n) is 5.48. The number of carbonyl (C=O) groups excluding carboxylic acids is 3. The second-order valence-corrected chi connectivity index (χ2v) is 11.5. The van der Waals surface area contributed by atoms with E-state index in [4.69, 9.17) is 16.3 Å². The number of ether oxygens (including phenoxy) is 1. The van der Waals surface area contributed by atoms with Crippen LogP contribution in [-0.4, -0.2) is 90.9 Å². The number of carbonyl (C=O) groups is 3. The second kappa shape index (κ2) is 14.5. The summed E-state index contributed by atoms with van der Waals surface area (Å²) in [7, 11) is 3.82. The molecule has 0 bridgehead atoms. The highest BCUT2D eigenvalue weighted by Gasteiger charge is 2.42. The van der Waals surface area contributed by atoms with Gasteiger partial charge in [-0.15, -0.1) is 0 Å². The molecule has 0 spiro atoms. The summed E-state index contributed by atoms with van der Waals surface area (Å²) in [5.74, 6) is 0.346. The van der Waals surface area contributed by atoms with Gasteiger partial charge >= 0.3 is 0 Å². The lowest BCUT2D eigenvalue weighted by Gasteiger charge is -2.49. The molecule has 9 heteroatoms. The van der Waals surface area contributed by atoms with Crippen LogP contribution in [0.1, 0.15) is 44.1 Å². The van der Waals surface area contributed by atoms with Crippen LogP contribution in [0, 0.1) is 0 Å². The van der Waals surface area contributed by atoms with Crippen molar-refractivity contribution in [3.63, 3.8) is 0 Å². The lowest BCUT2D eigenvalue weighted by molar-refractivity contribution is -0.153. The molecule has 1 saturated heterocycles. The first-order chi connectivity index (χ1) is 19.3. The van der Waals surface area contributed by atoms with Gasteiger partial charge in [0.15, 0.2) is 6.61 Å². The molecule has 1 atom stereocenters. The van der Waals surface area contributed by atoms with Crippen molar-refractivity contribution >= 4 is 29.3 Å². The average molecular weight is 569 g/mol. The van der Waals surface area contributed by atoms with Crippen LogP contribution >= 0.6 is 11.6 Å². The molecule has 2 aliphatic rings. The first-order valence-corrected chi connectivity index (χ1v) is 14.6. The smallest absolute Gasteiger partial charge is 0.261 e. The topological polar surface area (TPSA) is 82.2 Å². The lowest BCUT2D eigenvalue weighted by atomic mass is 9.91. The molecule has 2 aromatic rings. The van der Waals surface area contributed by atoms with Crippen molar-refractivity contribution in [1.29, 1.82) is 0 Å². The number of hydrogen-bond acceptors (Lipinski definition) is 5. The van der Waals surface area contributed by atoms with E-state index in [1.54, 1.807) is 17.0 Å². The quantitative estimate of drug-likeness (QED) is 0.421. The van der Waals surface area contributed by atoms with E-state index in [-0.39, 0.29) is 36.4 Å². The Morgan fingerprint density at radius 2 is 1.65 bits per heavy atom. The summed E-state index contributed by atoms with van der Waals surface area (Å²) in [4.78, 5) is 45.4. The molecule has 1 N–H and O–H groups in total. The molecule has 1 saturated carbocycles. The van der Waals surface area contributed by atoms with E-state index in [0.29, 0.717) is 43.2 Å². The van der Waals surface area contributed by atoms with Gasteiger partial charge in [0, 0.05) is 43.5 Å². The summed E-state index contributed by atoms with van der Waals surface area (Å²) in [6.07, 6.45) is 6.03. The van der Waals surface area contributed by atoms with E-state index >= 15 is 0 Å². The Morgan fingerprint density at radius 3 is 2.30 bits per heavy atom. The summed E-state index contributed by atoms with van der Waals surface area (Å²) in [6.45, 7) is 1.49. The van der Waals surface area contributed by atoms with E-state index in [9.17, 15) is 14.4 Å². The van der Waals surface area contributed by atoms with Crippen LogP contribution in [0.5, 0.6) is 5.75 Å². The number of nitrogens with zero attached hydrogens (tertiary/aromatic N) is 3. The van der Waals surface area contributed by atoms with Crippen LogP contribution in [-0.2, 0) is 20.8 Å². The molecule has 40 heavy (non-hydrogen) atoms. The fourth-order valence-corrected chi connectivity index (χ4v) is 5.61. The molecule has 3 amide bonds. The molecule has 8 nitrogen and oxygen atoms in total. The zero-order valence-corrected chi connectivity index (χ0v) is 24.3. The molecule has 0 aromatic heterocycles. The van der Waals surface area contributed by atoms with Crippen molar-refractivity contribution in [2.45, 2.75) is 63.1 Å². The summed E-state index contributed by atoms with van der Waals surface area (Å²) in [5.41, 5.74) is 0.921. The second-order valence-electron chi connectivity index (χ2n) is 11.1. The third-order valence-electron chi connectivity index (χ3n) is 7.70. The molecule has 2 fully saturated rings. The largest absolute Gasteiger partial charge is 0.484 e. The summed E-state index contributed by atoms with van der Waals surface area (Å²) < 4.78 is 5.80. The Morgan fingerprint density at radius 1 is 0.975 bits per heavy atom. The van der Waals surface area contributed by atoms with E-state index in [0.717, 1.165) is 31.2 Å². The van der Waals surface area contributed by atoms with Crippen LogP contribution in [0.15, 0.2) is 54.6 Å². The number of para-hydroxylation sites is 1. The minimum atomic E-state index is -0.683. The molecule has 4 rings (SSSR count). The van der Waals surface area contributed by atoms with Crippen molar-refractivity contribution < 1.29 is 19.1 Å². The van der Waals surface area contributed by atoms with Crippen molar-refractivity contribution in [2.24, 2.45) is 0 Å². The van der Waals surface area contributed by atoms with Crippen LogP contribution in [0.3, 0.4) is 0 Å². The molecule has 1 heterocycles. The third kappa shape index (κ3) is 8.45. The van der Waals surface area contributed by atoms with Gasteiger partial charge in [0.05, 0.1) is 6.04 Å². The lowest BCUT2D eigenvalue weighted by Crippen LogP contribution is -2.67. The normalized spacial score (nSPS) is 16.8. The summed E-state index contributed by atoms with van der Waals surface area (Å²) >= 11 is 6.05. The zero-order valence-electron chi connectivity index (χ0n) is 23.6. The van der Waals surface area contributed by atoms with Gasteiger partial charge in [-0.1, -0.05) is 61.2 Å². The number of likely N-dealkylation sites (tertiary alicyclic amines) is 1. The van der Waals surface area contributed by atoms with Crippen LogP contribution in [0.2, 0.25) is 5.02 Å². The molecular formula is C31H41ClN4O4. The van der Waals surface area contributed by atoms with Crippen LogP contribution < -0.4 is 10.1 Å². The molecule has 2 aromatic carbocycles. The SMILES string of the molecule is CN(C)CCC(=O)N[C@H](Cc1ccc(Cl)cc1)C(=O)N1CC(N(C(=O)COc2ccccc2)C2CCCCC2)C1. The fraction of sp³-hybridized carbons (Fsp3) is 0.516. The van der Waals surface area contributed by atoms with Crippen molar-refractivity contribution in [1.82, 2.24) is 20.0 Å². The molecule has 0 radical (unpaired) electrons. The maximum absolute atomic E-state index is 13.6. The molecule has 0 unspecified atom stereocenters. The molecular weight excluding hydrogens is 528 g/mol. The van der Waals surface area contributed by atoms with Gasteiger partial charge in [0.1, 0.15) is 11.8 Å². The van der Waals surface area contributed by atoms with Gasteiger partial charge in [-0.3, -0.25) is 14.4 Å². The maximum atomic E-state index is 13.6. The Labute approximate surface area is 242 Å². The molecule has 1 aliphatic carbocycles. The summed E-state index contributed by atoms with van der Waals surface area (Å²) in [6, 6.07) is 16.1. The summed E-state index contributed by atoms with van der Waals surface area (Å²) in [5, 5.41) is 3.58. The third-order valence-corrected chi connectivity index (χ3v) is 7.95. The predicted octanol–water partition coefficient (Wildman–Crippen LogP) is 3.77. The van der Waals surface area contributed by atoms with Crippen LogP contribution in [0.25, 0.3) is 0 Å². The number of halogens is 1.